The number of hydrogen-bond acceptors (Lipinski definition) is 4. The second-order valence-corrected chi connectivity index (χ2v) is 6.48. The quantitative estimate of drug-likeness (QED) is 0.847. The first kappa shape index (κ1) is 14.8. The van der Waals surface area contributed by atoms with E-state index >= 15 is 0 Å². The third kappa shape index (κ3) is 3.27. The highest BCUT2D eigenvalue weighted by Gasteiger charge is 2.15. The lowest BCUT2D eigenvalue weighted by atomic mass is 10.2. The minimum Gasteiger partial charge on any atom is -0.397 e. The number of anilines is 1. The number of nitrogen functional groups attached to an aromatic ring is 1. The van der Waals surface area contributed by atoms with Crippen molar-refractivity contribution in [1.29, 1.82) is 0 Å². The molecule has 0 radical (unpaired) electrons. The zero-order chi connectivity index (χ0) is 14.8. The van der Waals surface area contributed by atoms with E-state index < -0.39 is 10.0 Å². The van der Waals surface area contributed by atoms with E-state index in [0.717, 1.165) is 11.1 Å². The summed E-state index contributed by atoms with van der Waals surface area (Å²) in [6, 6.07) is 5.99. The van der Waals surface area contributed by atoms with Crippen molar-refractivity contribution in [2.24, 2.45) is 0 Å². The molecule has 0 saturated heterocycles. The highest BCUT2D eigenvalue weighted by Crippen LogP contribution is 2.22. The van der Waals surface area contributed by atoms with E-state index in [4.69, 9.17) is 17.3 Å². The monoisotopic (exact) mass is 311 g/mol. The average molecular weight is 312 g/mol. The van der Waals surface area contributed by atoms with E-state index in [-0.39, 0.29) is 17.1 Å². The fourth-order valence-electron chi connectivity index (χ4n) is 1.65. The molecule has 3 N–H and O–H groups in total. The molecule has 0 bridgehead atoms. The van der Waals surface area contributed by atoms with Crippen LogP contribution in [-0.4, -0.2) is 13.4 Å². The van der Waals surface area contributed by atoms with Crippen molar-refractivity contribution in [3.63, 3.8) is 0 Å². The summed E-state index contributed by atoms with van der Waals surface area (Å²) in [6.07, 6.45) is 3.31. The van der Waals surface area contributed by atoms with Crippen LogP contribution < -0.4 is 10.5 Å². The Kier molecular flexibility index (Phi) is 4.27. The van der Waals surface area contributed by atoms with Crippen LogP contribution in [0.25, 0.3) is 0 Å². The number of pyridine rings is 1. The predicted octanol–water partition coefficient (Wildman–Crippen LogP) is 2.10. The number of nitrogens with one attached hydrogen (secondary N) is 1. The maximum absolute atomic E-state index is 12.2. The van der Waals surface area contributed by atoms with E-state index in [1.54, 1.807) is 18.5 Å². The minimum atomic E-state index is -3.62. The molecule has 2 rings (SSSR count). The highest BCUT2D eigenvalue weighted by atomic mass is 35.5. The lowest BCUT2D eigenvalue weighted by Crippen LogP contribution is -2.23. The Morgan fingerprint density at radius 3 is 2.75 bits per heavy atom. The number of aryl methyl sites for hydroxylation is 1. The number of nitrogens with zero attached hydrogens (tertiary/aromatic N) is 1. The minimum absolute atomic E-state index is 0.0890. The van der Waals surface area contributed by atoms with Gasteiger partial charge in [0.1, 0.15) is 0 Å². The van der Waals surface area contributed by atoms with E-state index in [9.17, 15) is 8.42 Å². The number of nitrogens with two attached hydrogens (primary N) is 1. The Morgan fingerprint density at radius 2 is 2.10 bits per heavy atom. The number of hydrogen-bond donors (Lipinski definition) is 2. The molecule has 0 aliphatic carbocycles. The van der Waals surface area contributed by atoms with Gasteiger partial charge in [0.05, 0.1) is 15.6 Å². The SMILES string of the molecule is Cc1cnccc1CNS(=O)(=O)c1ccc(Cl)c(N)c1. The van der Waals surface area contributed by atoms with E-state index in [0.29, 0.717) is 5.02 Å². The number of sulfonamides is 1. The standard InChI is InChI=1S/C13H14ClN3O2S/c1-9-7-16-5-4-10(9)8-17-20(18,19)11-2-3-12(14)13(15)6-11/h2-7,17H,8,15H2,1H3. The van der Waals surface area contributed by atoms with Gasteiger partial charge >= 0.3 is 0 Å². The van der Waals surface area contributed by atoms with Gasteiger partial charge in [0, 0.05) is 18.9 Å². The maximum atomic E-state index is 12.2. The van der Waals surface area contributed by atoms with Gasteiger partial charge in [-0.05, 0) is 42.3 Å². The van der Waals surface area contributed by atoms with Crippen LogP contribution in [0, 0.1) is 6.92 Å². The summed E-state index contributed by atoms with van der Waals surface area (Å²) in [7, 11) is -3.62. The van der Waals surface area contributed by atoms with Gasteiger partial charge in [-0.25, -0.2) is 13.1 Å². The van der Waals surface area contributed by atoms with Crippen LogP contribution in [0.4, 0.5) is 5.69 Å². The second-order valence-electron chi connectivity index (χ2n) is 4.31. The van der Waals surface area contributed by atoms with Crippen LogP contribution in [0.15, 0.2) is 41.6 Å². The van der Waals surface area contributed by atoms with E-state index in [1.807, 2.05) is 6.92 Å². The topological polar surface area (TPSA) is 85.1 Å². The van der Waals surface area contributed by atoms with Crippen molar-refractivity contribution in [3.05, 3.63) is 52.8 Å². The van der Waals surface area contributed by atoms with Gasteiger partial charge in [0.15, 0.2) is 0 Å². The molecule has 0 saturated carbocycles. The fourth-order valence-corrected chi connectivity index (χ4v) is 2.80. The van der Waals surface area contributed by atoms with Crippen LogP contribution in [0.2, 0.25) is 5.02 Å². The molecule has 106 valence electrons. The maximum Gasteiger partial charge on any atom is 0.240 e. The third-order valence-electron chi connectivity index (χ3n) is 2.87. The summed E-state index contributed by atoms with van der Waals surface area (Å²) in [5.41, 5.74) is 7.64. The molecule has 0 aliphatic heterocycles. The number of rotatable bonds is 4. The Morgan fingerprint density at radius 1 is 1.35 bits per heavy atom. The zero-order valence-corrected chi connectivity index (χ0v) is 12.4. The first-order valence-corrected chi connectivity index (χ1v) is 7.70. The van der Waals surface area contributed by atoms with Gasteiger partial charge in [-0.15, -0.1) is 0 Å². The average Bonchev–Trinajstić information content (AvgIpc) is 2.41. The van der Waals surface area contributed by atoms with Crippen molar-refractivity contribution in [2.45, 2.75) is 18.4 Å². The Labute approximate surface area is 122 Å². The van der Waals surface area contributed by atoms with Crippen LogP contribution in [0.5, 0.6) is 0 Å². The van der Waals surface area contributed by atoms with Gasteiger partial charge in [-0.1, -0.05) is 11.6 Å². The molecule has 0 atom stereocenters. The molecule has 20 heavy (non-hydrogen) atoms. The molecular weight excluding hydrogens is 298 g/mol. The molecule has 1 heterocycles. The van der Waals surface area contributed by atoms with Crippen LogP contribution in [0.1, 0.15) is 11.1 Å². The summed E-state index contributed by atoms with van der Waals surface area (Å²) in [4.78, 5) is 4.05. The number of halogens is 1. The molecule has 1 aromatic carbocycles. The Balaban J connectivity index is 2.19. The molecule has 2 aromatic rings. The molecule has 0 fully saturated rings. The molecule has 0 unspecified atom stereocenters. The predicted molar refractivity (Wildman–Crippen MR) is 78.9 cm³/mol. The van der Waals surface area contributed by atoms with Gasteiger partial charge < -0.3 is 5.73 Å². The summed E-state index contributed by atoms with van der Waals surface area (Å²) >= 11 is 5.78. The van der Waals surface area contributed by atoms with Crippen molar-refractivity contribution in [1.82, 2.24) is 9.71 Å². The fraction of sp³-hybridized carbons (Fsp3) is 0.154. The Bertz CT molecular complexity index is 732. The lowest BCUT2D eigenvalue weighted by Gasteiger charge is -2.09. The van der Waals surface area contributed by atoms with Crippen LogP contribution in [0.3, 0.4) is 0 Å². The van der Waals surface area contributed by atoms with Crippen molar-refractivity contribution in [2.75, 3.05) is 5.73 Å². The van der Waals surface area contributed by atoms with Crippen LogP contribution in [-0.2, 0) is 16.6 Å². The van der Waals surface area contributed by atoms with E-state index in [2.05, 4.69) is 9.71 Å². The third-order valence-corrected chi connectivity index (χ3v) is 4.61. The van der Waals surface area contributed by atoms with Gasteiger partial charge in [-0.3, -0.25) is 4.98 Å². The normalized spacial score (nSPS) is 11.5. The molecule has 0 aliphatic rings. The first-order valence-electron chi connectivity index (χ1n) is 5.84. The lowest BCUT2D eigenvalue weighted by molar-refractivity contribution is 0.581. The van der Waals surface area contributed by atoms with Crippen molar-refractivity contribution in [3.8, 4) is 0 Å². The first-order chi connectivity index (χ1) is 9.40. The second kappa shape index (κ2) is 5.78. The number of benzene rings is 1. The Hall–Kier alpha value is -1.63. The zero-order valence-electron chi connectivity index (χ0n) is 10.8. The van der Waals surface area contributed by atoms with Gasteiger partial charge in [-0.2, -0.15) is 0 Å². The van der Waals surface area contributed by atoms with Crippen molar-refractivity contribution < 1.29 is 8.42 Å². The molecule has 1 aromatic heterocycles. The number of aromatic nitrogens is 1. The van der Waals surface area contributed by atoms with Gasteiger partial charge in [0.2, 0.25) is 10.0 Å². The van der Waals surface area contributed by atoms with E-state index in [1.165, 1.54) is 18.2 Å². The molecular formula is C13H14ClN3O2S. The highest BCUT2D eigenvalue weighted by molar-refractivity contribution is 7.89. The van der Waals surface area contributed by atoms with Crippen molar-refractivity contribution >= 4 is 27.3 Å². The summed E-state index contributed by atoms with van der Waals surface area (Å²) in [5, 5.41) is 0.328. The summed E-state index contributed by atoms with van der Waals surface area (Å²) < 4.78 is 26.8. The summed E-state index contributed by atoms with van der Waals surface area (Å²) in [5.74, 6) is 0. The smallest absolute Gasteiger partial charge is 0.240 e. The molecule has 0 amide bonds. The molecule has 0 spiro atoms. The van der Waals surface area contributed by atoms with Gasteiger partial charge in [0.25, 0.3) is 0 Å². The summed E-state index contributed by atoms with van der Waals surface area (Å²) in [6.45, 7) is 2.07. The molecule has 7 heteroatoms. The largest absolute Gasteiger partial charge is 0.397 e. The molecule has 5 nitrogen and oxygen atoms in total. The van der Waals surface area contributed by atoms with Crippen LogP contribution >= 0.6 is 11.6 Å².